The summed E-state index contributed by atoms with van der Waals surface area (Å²) in [5.41, 5.74) is 1.19. The summed E-state index contributed by atoms with van der Waals surface area (Å²) in [6, 6.07) is 0.611. The molecule has 0 aromatic rings. The lowest BCUT2D eigenvalue weighted by molar-refractivity contribution is 0.207. The first-order valence-electron chi connectivity index (χ1n) is 6.07. The molecule has 0 atom stereocenters. The van der Waals surface area contributed by atoms with E-state index < -0.39 is 0 Å². The fourth-order valence-electron chi connectivity index (χ4n) is 1.68. The van der Waals surface area contributed by atoms with Crippen LogP contribution in [-0.4, -0.2) is 36.9 Å². The maximum Gasteiger partial charge on any atom is 0.106 e. The average Bonchev–Trinajstić information content (AvgIpc) is 2.47. The summed E-state index contributed by atoms with van der Waals surface area (Å²) in [6.07, 6.45) is 3.61. The Kier molecular flexibility index (Phi) is 8.38. The Morgan fingerprint density at radius 1 is 1.27 bits per heavy atom. The highest BCUT2D eigenvalue weighted by molar-refractivity contribution is 5.86. The van der Waals surface area contributed by atoms with E-state index in [1.165, 1.54) is 25.1 Å². The fourth-order valence-corrected chi connectivity index (χ4v) is 1.68. The van der Waals surface area contributed by atoms with E-state index >= 15 is 0 Å². The molecule has 0 amide bonds. The average molecular weight is 214 g/mol. The van der Waals surface area contributed by atoms with Crippen LogP contribution >= 0.6 is 0 Å². The van der Waals surface area contributed by atoms with Crippen LogP contribution < -0.4 is 0 Å². The van der Waals surface area contributed by atoms with E-state index in [1.807, 2.05) is 13.8 Å². The molecular weight excluding hydrogens is 188 g/mol. The van der Waals surface area contributed by atoms with E-state index in [0.29, 0.717) is 6.04 Å². The fraction of sp³-hybridized carbons (Fsp3) is 0.917. The molecule has 0 unspecified atom stereocenters. The number of oxime groups is 1. The highest BCUT2D eigenvalue weighted by atomic mass is 16.6. The van der Waals surface area contributed by atoms with Gasteiger partial charge in [-0.05, 0) is 39.7 Å². The molecule has 0 radical (unpaired) electrons. The lowest BCUT2D eigenvalue weighted by Gasteiger charge is -2.24. The number of nitrogens with zero attached hydrogens (tertiary/aromatic N) is 2. The summed E-state index contributed by atoms with van der Waals surface area (Å²) in [5, 5.41) is 4.05. The first-order chi connectivity index (χ1) is 7.24. The molecule has 1 rings (SSSR count). The molecule has 3 nitrogen and oxygen atoms in total. The zero-order chi connectivity index (χ0) is 11.7. The van der Waals surface area contributed by atoms with E-state index in [1.54, 1.807) is 7.11 Å². The minimum absolute atomic E-state index is 0.611. The lowest BCUT2D eigenvalue weighted by Crippen LogP contribution is -2.34. The van der Waals surface area contributed by atoms with E-state index in [0.717, 1.165) is 13.0 Å². The third-order valence-corrected chi connectivity index (χ3v) is 2.50. The summed E-state index contributed by atoms with van der Waals surface area (Å²) in [4.78, 5) is 7.28. The first kappa shape index (κ1) is 14.4. The van der Waals surface area contributed by atoms with Crippen molar-refractivity contribution in [3.05, 3.63) is 0 Å². The maximum absolute atomic E-state index is 4.83. The second-order valence-electron chi connectivity index (χ2n) is 3.86. The van der Waals surface area contributed by atoms with Crippen LogP contribution in [0.3, 0.4) is 0 Å². The van der Waals surface area contributed by atoms with Gasteiger partial charge in [0, 0.05) is 12.6 Å². The van der Waals surface area contributed by atoms with Crippen LogP contribution in [0.15, 0.2) is 5.16 Å². The van der Waals surface area contributed by atoms with Gasteiger partial charge in [-0.15, -0.1) is 0 Å². The molecule has 1 aliphatic heterocycles. The number of hydrogen-bond donors (Lipinski definition) is 0. The SMILES string of the molecule is CC.CO/N=C1\CCCCN(C(C)C)C1. The molecule has 0 aliphatic carbocycles. The molecule has 1 fully saturated rings. The standard InChI is InChI=1S/C10H20N2O.C2H6/c1-9(2)12-7-5-4-6-10(8-12)11-13-3;1-2/h9H,4-8H2,1-3H3;1-2H3/b11-10+;. The van der Waals surface area contributed by atoms with E-state index in [9.17, 15) is 0 Å². The van der Waals surface area contributed by atoms with Gasteiger partial charge in [-0.1, -0.05) is 19.0 Å². The molecule has 1 saturated heterocycles. The monoisotopic (exact) mass is 214 g/mol. The van der Waals surface area contributed by atoms with Crippen molar-refractivity contribution in [1.82, 2.24) is 4.90 Å². The Morgan fingerprint density at radius 3 is 2.47 bits per heavy atom. The largest absolute Gasteiger partial charge is 0.399 e. The van der Waals surface area contributed by atoms with Crippen molar-refractivity contribution in [1.29, 1.82) is 0 Å². The summed E-state index contributed by atoms with van der Waals surface area (Å²) in [6.45, 7) is 10.6. The van der Waals surface area contributed by atoms with Crippen molar-refractivity contribution in [3.8, 4) is 0 Å². The van der Waals surface area contributed by atoms with Gasteiger partial charge in [0.25, 0.3) is 0 Å². The van der Waals surface area contributed by atoms with Crippen molar-refractivity contribution >= 4 is 5.71 Å². The topological polar surface area (TPSA) is 24.8 Å². The molecule has 0 saturated carbocycles. The molecule has 0 spiro atoms. The summed E-state index contributed by atoms with van der Waals surface area (Å²) in [7, 11) is 1.62. The summed E-state index contributed by atoms with van der Waals surface area (Å²) in [5.74, 6) is 0. The van der Waals surface area contributed by atoms with Gasteiger partial charge in [-0.25, -0.2) is 0 Å². The smallest absolute Gasteiger partial charge is 0.106 e. The molecule has 1 heterocycles. The van der Waals surface area contributed by atoms with Gasteiger partial charge < -0.3 is 4.84 Å². The van der Waals surface area contributed by atoms with Crippen LogP contribution in [0.25, 0.3) is 0 Å². The minimum Gasteiger partial charge on any atom is -0.399 e. The van der Waals surface area contributed by atoms with E-state index in [2.05, 4.69) is 23.9 Å². The van der Waals surface area contributed by atoms with Crippen LogP contribution in [0.4, 0.5) is 0 Å². The first-order valence-corrected chi connectivity index (χ1v) is 6.07. The normalized spacial score (nSPS) is 20.8. The van der Waals surface area contributed by atoms with Crippen molar-refractivity contribution in [2.75, 3.05) is 20.2 Å². The molecule has 0 aromatic carbocycles. The van der Waals surface area contributed by atoms with Crippen LogP contribution in [0, 0.1) is 0 Å². The Morgan fingerprint density at radius 2 is 1.93 bits per heavy atom. The van der Waals surface area contributed by atoms with Gasteiger partial charge in [0.2, 0.25) is 0 Å². The van der Waals surface area contributed by atoms with Gasteiger partial charge in [0.15, 0.2) is 0 Å². The second-order valence-corrected chi connectivity index (χ2v) is 3.86. The highest BCUT2D eigenvalue weighted by Crippen LogP contribution is 2.11. The third kappa shape index (κ3) is 5.78. The van der Waals surface area contributed by atoms with E-state index in [4.69, 9.17) is 4.84 Å². The van der Waals surface area contributed by atoms with Gasteiger partial charge >= 0.3 is 0 Å². The van der Waals surface area contributed by atoms with Crippen molar-refractivity contribution < 1.29 is 4.84 Å². The second kappa shape index (κ2) is 8.72. The van der Waals surface area contributed by atoms with Gasteiger partial charge in [-0.2, -0.15) is 0 Å². The zero-order valence-electron chi connectivity index (χ0n) is 10.9. The van der Waals surface area contributed by atoms with Crippen molar-refractivity contribution in [3.63, 3.8) is 0 Å². The van der Waals surface area contributed by atoms with Crippen molar-refractivity contribution in [2.24, 2.45) is 5.16 Å². The Balaban J connectivity index is 0.000000921. The zero-order valence-corrected chi connectivity index (χ0v) is 10.9. The van der Waals surface area contributed by atoms with Crippen LogP contribution in [-0.2, 0) is 4.84 Å². The van der Waals surface area contributed by atoms with Gasteiger partial charge in [0.1, 0.15) is 7.11 Å². The molecule has 90 valence electrons. The van der Waals surface area contributed by atoms with Crippen LogP contribution in [0.1, 0.15) is 47.0 Å². The molecule has 0 N–H and O–H groups in total. The molecule has 0 bridgehead atoms. The third-order valence-electron chi connectivity index (χ3n) is 2.50. The maximum atomic E-state index is 4.83. The lowest BCUT2D eigenvalue weighted by atomic mass is 10.2. The van der Waals surface area contributed by atoms with Crippen molar-refractivity contribution in [2.45, 2.75) is 53.0 Å². The molecule has 1 aliphatic rings. The Bertz CT molecular complexity index is 178. The highest BCUT2D eigenvalue weighted by Gasteiger charge is 2.16. The van der Waals surface area contributed by atoms with Gasteiger partial charge in [0.05, 0.1) is 5.71 Å². The Labute approximate surface area is 94.5 Å². The minimum atomic E-state index is 0.611. The summed E-state index contributed by atoms with van der Waals surface area (Å²) >= 11 is 0. The van der Waals surface area contributed by atoms with Crippen LogP contribution in [0.2, 0.25) is 0 Å². The number of likely N-dealkylation sites (tertiary alicyclic amines) is 1. The molecule has 15 heavy (non-hydrogen) atoms. The molecule has 3 heteroatoms. The quantitative estimate of drug-likeness (QED) is 0.660. The van der Waals surface area contributed by atoms with Crippen LogP contribution in [0.5, 0.6) is 0 Å². The summed E-state index contributed by atoms with van der Waals surface area (Å²) < 4.78 is 0. The van der Waals surface area contributed by atoms with Gasteiger partial charge in [-0.3, -0.25) is 4.90 Å². The number of hydrogen-bond acceptors (Lipinski definition) is 3. The number of rotatable bonds is 2. The predicted octanol–water partition coefficient (Wildman–Crippen LogP) is 2.91. The predicted molar refractivity (Wildman–Crippen MR) is 66.4 cm³/mol. The molecular formula is C12H26N2O. The molecule has 0 aromatic heterocycles. The Hall–Kier alpha value is -0.570. The van der Waals surface area contributed by atoms with E-state index in [-0.39, 0.29) is 0 Å².